The van der Waals surface area contributed by atoms with Gasteiger partial charge in [-0.15, -0.1) is 0 Å². The predicted octanol–water partition coefficient (Wildman–Crippen LogP) is 4.38. The number of amides is 2. The molecule has 2 amide bonds. The van der Waals surface area contributed by atoms with E-state index < -0.39 is 17.6 Å². The molecule has 1 aliphatic rings. The van der Waals surface area contributed by atoms with Gasteiger partial charge >= 0.3 is 0 Å². The Hall–Kier alpha value is -3.78. The van der Waals surface area contributed by atoms with Crippen molar-refractivity contribution < 1.29 is 14.0 Å². The molecule has 0 atom stereocenters. The maximum Gasteiger partial charge on any atom is 0.258 e. The van der Waals surface area contributed by atoms with Crippen LogP contribution in [0.15, 0.2) is 59.7 Å². The van der Waals surface area contributed by atoms with Gasteiger partial charge in [0.05, 0.1) is 23.4 Å². The third-order valence-corrected chi connectivity index (χ3v) is 5.39. The molecule has 1 aromatic heterocycles. The molecule has 168 valence electrons. The predicted molar refractivity (Wildman–Crippen MR) is 127 cm³/mol. The van der Waals surface area contributed by atoms with Crippen LogP contribution in [0.5, 0.6) is 0 Å². The van der Waals surface area contributed by atoms with Crippen LogP contribution in [-0.4, -0.2) is 47.7 Å². The van der Waals surface area contributed by atoms with E-state index in [1.807, 2.05) is 24.9 Å². The highest BCUT2D eigenvalue weighted by atomic mass is 35.5. The number of anilines is 2. The first-order valence-corrected chi connectivity index (χ1v) is 10.6. The smallest absolute Gasteiger partial charge is 0.258 e. The highest BCUT2D eigenvalue weighted by molar-refractivity contribution is 6.31. The van der Waals surface area contributed by atoms with E-state index >= 15 is 0 Å². The van der Waals surface area contributed by atoms with Gasteiger partial charge in [-0.1, -0.05) is 23.7 Å². The number of nitrogens with zero attached hydrogens (tertiary/aromatic N) is 3. The van der Waals surface area contributed by atoms with Crippen molar-refractivity contribution in [3.8, 4) is 0 Å². The van der Waals surface area contributed by atoms with E-state index in [1.54, 1.807) is 18.3 Å². The van der Waals surface area contributed by atoms with Gasteiger partial charge in [-0.2, -0.15) is 0 Å². The Kier molecular flexibility index (Phi) is 6.37. The molecule has 4 rings (SSSR count). The summed E-state index contributed by atoms with van der Waals surface area (Å²) in [7, 11) is 1.88. The number of hydrogen-bond acceptors (Lipinski definition) is 5. The van der Waals surface area contributed by atoms with Gasteiger partial charge in [-0.3, -0.25) is 14.6 Å². The third-order valence-electron chi connectivity index (χ3n) is 5.16. The molecule has 0 saturated heterocycles. The zero-order valence-electron chi connectivity index (χ0n) is 18.0. The monoisotopic (exact) mass is 465 g/mol. The molecule has 1 aliphatic heterocycles. The summed E-state index contributed by atoms with van der Waals surface area (Å²) >= 11 is 6.07. The van der Waals surface area contributed by atoms with E-state index in [1.165, 1.54) is 30.3 Å². The van der Waals surface area contributed by atoms with Crippen molar-refractivity contribution in [2.75, 3.05) is 30.8 Å². The zero-order chi connectivity index (χ0) is 23.5. The van der Waals surface area contributed by atoms with Crippen LogP contribution in [0.2, 0.25) is 5.02 Å². The Balaban J connectivity index is 1.56. The van der Waals surface area contributed by atoms with E-state index in [0.29, 0.717) is 28.8 Å². The van der Waals surface area contributed by atoms with Gasteiger partial charge < -0.3 is 15.5 Å². The van der Waals surface area contributed by atoms with Crippen LogP contribution >= 0.6 is 11.6 Å². The first-order chi connectivity index (χ1) is 15.8. The maximum absolute atomic E-state index is 14.8. The maximum atomic E-state index is 14.8. The molecule has 0 fully saturated rings. The quantitative estimate of drug-likeness (QED) is 0.585. The molecule has 7 nitrogen and oxygen atoms in total. The molecule has 0 spiro atoms. The van der Waals surface area contributed by atoms with Crippen LogP contribution in [0.3, 0.4) is 0 Å². The molecule has 0 bridgehead atoms. The summed E-state index contributed by atoms with van der Waals surface area (Å²) in [5.41, 5.74) is 1.71. The molecule has 9 heteroatoms. The van der Waals surface area contributed by atoms with Crippen molar-refractivity contribution in [1.29, 1.82) is 0 Å². The number of rotatable bonds is 5. The van der Waals surface area contributed by atoms with Crippen molar-refractivity contribution in [3.63, 3.8) is 0 Å². The first-order valence-electron chi connectivity index (χ1n) is 10.2. The van der Waals surface area contributed by atoms with Crippen LogP contribution in [0.4, 0.5) is 15.9 Å². The Morgan fingerprint density at radius 2 is 1.82 bits per heavy atom. The number of nitrogens with one attached hydrogen (secondary N) is 2. The molecule has 33 heavy (non-hydrogen) atoms. The summed E-state index contributed by atoms with van der Waals surface area (Å²) in [5.74, 6) is -0.851. The van der Waals surface area contributed by atoms with Gasteiger partial charge in [0.25, 0.3) is 11.8 Å². The summed E-state index contributed by atoms with van der Waals surface area (Å²) in [6.45, 7) is 3.29. The van der Waals surface area contributed by atoms with Gasteiger partial charge in [-0.05, 0) is 48.9 Å². The summed E-state index contributed by atoms with van der Waals surface area (Å²) in [4.78, 5) is 36.1. The summed E-state index contributed by atoms with van der Waals surface area (Å²) in [5, 5.41) is 5.59. The topological polar surface area (TPSA) is 86.7 Å². The van der Waals surface area contributed by atoms with Crippen LogP contribution < -0.4 is 10.6 Å². The second-order valence-electron chi connectivity index (χ2n) is 7.64. The van der Waals surface area contributed by atoms with Crippen molar-refractivity contribution in [2.24, 2.45) is 4.99 Å². The molecule has 0 saturated carbocycles. The Morgan fingerprint density at radius 3 is 2.48 bits per heavy atom. The number of amidine groups is 1. The average Bonchev–Trinajstić information content (AvgIpc) is 3.22. The lowest BCUT2D eigenvalue weighted by molar-refractivity contribution is 0.102. The molecule has 0 aliphatic carbocycles. The minimum Gasteiger partial charge on any atom is -0.358 e. The van der Waals surface area contributed by atoms with Crippen molar-refractivity contribution in [3.05, 3.63) is 87.8 Å². The van der Waals surface area contributed by atoms with E-state index in [4.69, 9.17) is 11.6 Å². The van der Waals surface area contributed by atoms with Crippen molar-refractivity contribution in [1.82, 2.24) is 9.88 Å². The highest BCUT2D eigenvalue weighted by Gasteiger charge is 2.20. The lowest BCUT2D eigenvalue weighted by Gasteiger charge is -2.15. The number of pyridine rings is 1. The lowest BCUT2D eigenvalue weighted by Crippen LogP contribution is -2.24. The van der Waals surface area contributed by atoms with Crippen LogP contribution in [-0.2, 0) is 0 Å². The van der Waals surface area contributed by atoms with E-state index in [0.717, 1.165) is 12.1 Å². The number of aryl methyl sites for hydroxylation is 1. The zero-order valence-corrected chi connectivity index (χ0v) is 18.8. The Labute approximate surface area is 195 Å². The second-order valence-corrected chi connectivity index (χ2v) is 8.08. The highest BCUT2D eigenvalue weighted by Crippen LogP contribution is 2.24. The van der Waals surface area contributed by atoms with Crippen molar-refractivity contribution in [2.45, 2.75) is 6.92 Å². The Morgan fingerprint density at radius 1 is 1.03 bits per heavy atom. The molecule has 2 heterocycles. The molecular formula is C24H21ClFN5O2. The van der Waals surface area contributed by atoms with Gasteiger partial charge in [0, 0.05) is 30.4 Å². The number of likely N-dealkylation sites (N-methyl/N-ethyl adjacent to an activating group) is 1. The van der Waals surface area contributed by atoms with Gasteiger partial charge in [0.1, 0.15) is 17.5 Å². The molecule has 2 N–H and O–H groups in total. The van der Waals surface area contributed by atoms with Crippen molar-refractivity contribution >= 4 is 40.8 Å². The fraction of sp³-hybridized carbons (Fsp3) is 0.167. The average molecular weight is 466 g/mol. The van der Waals surface area contributed by atoms with E-state index in [2.05, 4.69) is 20.6 Å². The molecule has 2 aromatic carbocycles. The van der Waals surface area contributed by atoms with E-state index in [9.17, 15) is 14.0 Å². The van der Waals surface area contributed by atoms with E-state index in [-0.39, 0.29) is 16.8 Å². The van der Waals surface area contributed by atoms with Gasteiger partial charge in [0.15, 0.2) is 0 Å². The second kappa shape index (κ2) is 9.38. The molecule has 0 unspecified atom stereocenters. The summed E-state index contributed by atoms with van der Waals surface area (Å²) < 4.78 is 14.8. The number of carbonyl (C=O) groups is 2. The first kappa shape index (κ1) is 22.4. The minimum atomic E-state index is -0.689. The number of benzene rings is 2. The fourth-order valence-electron chi connectivity index (χ4n) is 3.41. The number of halogens is 2. The van der Waals surface area contributed by atoms with Gasteiger partial charge in [-0.25, -0.2) is 9.37 Å². The fourth-order valence-corrected chi connectivity index (χ4v) is 3.58. The lowest BCUT2D eigenvalue weighted by atomic mass is 10.1. The van der Waals surface area contributed by atoms with Crippen LogP contribution in [0.25, 0.3) is 0 Å². The number of carbonyl (C=O) groups excluding carboxylic acids is 2. The third kappa shape index (κ3) is 5.01. The molecule has 0 radical (unpaired) electrons. The molecular weight excluding hydrogens is 445 g/mol. The van der Waals surface area contributed by atoms with Crippen LogP contribution in [0.1, 0.15) is 31.8 Å². The number of aliphatic imine (C=N–C) groups is 1. The standard InChI is InChI=1S/C24H21ClFN5O2/c1-14-3-8-21(28-13-14)30-24(33)18-12-16(25)5-7-20(18)29-23(32)17-6-4-15(11-19(17)26)22-27-9-10-31(22)2/h3-8,11-13H,9-10H2,1-2H3,(H,29,32)(H,28,30,33). The summed E-state index contributed by atoms with van der Waals surface area (Å²) in [6.07, 6.45) is 1.62. The normalized spacial score (nSPS) is 13.0. The van der Waals surface area contributed by atoms with Gasteiger partial charge in [0.2, 0.25) is 0 Å². The minimum absolute atomic E-state index is 0.122. The largest absolute Gasteiger partial charge is 0.358 e. The SMILES string of the molecule is Cc1ccc(NC(=O)c2cc(Cl)ccc2NC(=O)c2ccc(C3=NCCN3C)cc2F)nc1. The molecule has 3 aromatic rings. The number of aromatic nitrogens is 1. The summed E-state index contributed by atoms with van der Waals surface area (Å²) in [6, 6.07) is 12.3. The Bertz CT molecular complexity index is 1260. The number of hydrogen-bond donors (Lipinski definition) is 2. The van der Waals surface area contributed by atoms with Crippen LogP contribution in [0, 0.1) is 12.7 Å².